The molecular weight excluding hydrogens is 927 g/mol. The maximum Gasteiger partial charge on any atom is 0.158 e. The highest BCUT2D eigenvalue weighted by Gasteiger charge is 2.35. The van der Waals surface area contributed by atoms with E-state index in [-0.39, 0.29) is 43.3 Å². The van der Waals surface area contributed by atoms with Crippen molar-refractivity contribution in [2.24, 2.45) is 0 Å². The third kappa shape index (κ3) is 13.9. The van der Waals surface area contributed by atoms with Crippen LogP contribution in [0.5, 0.6) is 0 Å². The Balaban J connectivity index is 0.00000188. The molecule has 5 heteroatoms. The molecule has 3 nitrogen and oxygen atoms in total. The minimum Gasteiger partial charge on any atom is -0.352 e. The molecule has 0 aliphatic heterocycles. The fourth-order valence-electron chi connectivity index (χ4n) is 10.0. The molecule has 0 aromatic heterocycles. The van der Waals surface area contributed by atoms with Gasteiger partial charge in [-0.25, -0.2) is 0 Å². The van der Waals surface area contributed by atoms with Crippen molar-refractivity contribution >= 4 is 18.1 Å². The van der Waals surface area contributed by atoms with Crippen LogP contribution in [0.15, 0.2) is 109 Å². The van der Waals surface area contributed by atoms with Crippen LogP contribution in [0.25, 0.3) is 55.6 Å². The van der Waals surface area contributed by atoms with E-state index >= 15 is 0 Å². The Morgan fingerprint density at radius 2 is 0.548 bits per heavy atom. The molecule has 2 N–H and O–H groups in total. The van der Waals surface area contributed by atoms with Gasteiger partial charge in [0.25, 0.3) is 0 Å². The summed E-state index contributed by atoms with van der Waals surface area (Å²) in [6, 6.07) is 43.8. The molecule has 6 rings (SSSR count). The zero-order chi connectivity index (χ0) is 55.2. The third-order valence-electron chi connectivity index (χ3n) is 14.4. The second-order valence-electron chi connectivity index (χ2n) is 28.8. The molecule has 0 bridgehead atoms. The smallest absolute Gasteiger partial charge is 0.158 e. The SMILES string of the molecule is CC(C)(C)c1ccc(-c2cc(-c3ccc(C(C)(C)C)cc3C(C)(C)C)c(-c3ccc(C(C)(C)C)cc3C(C)(C)C)c(-c3ccc(C(C)(C)C)cc3C(C)(C)C)c2-c2ccccc2)c(C(C)(C)C)c1.OPOPO. The van der Waals surface area contributed by atoms with Gasteiger partial charge in [0.2, 0.25) is 0 Å². The first-order valence-electron chi connectivity index (χ1n) is 26.5. The molecule has 0 radical (unpaired) electrons. The van der Waals surface area contributed by atoms with Crippen molar-refractivity contribution in [2.75, 3.05) is 0 Å². The van der Waals surface area contributed by atoms with Crippen LogP contribution in [0.4, 0.5) is 0 Å². The molecule has 0 heterocycles. The molecule has 0 aliphatic rings. The number of rotatable bonds is 7. The van der Waals surface area contributed by atoms with Crippen molar-refractivity contribution in [3.05, 3.63) is 154 Å². The van der Waals surface area contributed by atoms with Gasteiger partial charge in [0.1, 0.15) is 0 Å². The molecule has 73 heavy (non-hydrogen) atoms. The van der Waals surface area contributed by atoms with Gasteiger partial charge in [0.05, 0.1) is 0 Å². The molecule has 0 saturated carbocycles. The normalized spacial score (nSPS) is 13.6. The first kappa shape index (κ1) is 59.9. The van der Waals surface area contributed by atoms with E-state index < -0.39 is 18.1 Å². The van der Waals surface area contributed by atoms with Crippen LogP contribution in [-0.4, -0.2) is 9.79 Å². The van der Waals surface area contributed by atoms with Gasteiger partial charge in [-0.3, -0.25) is 4.31 Å². The van der Waals surface area contributed by atoms with E-state index in [1.165, 1.54) is 100 Å². The van der Waals surface area contributed by atoms with Crippen molar-refractivity contribution in [3.8, 4) is 55.6 Å². The summed E-state index contributed by atoms with van der Waals surface area (Å²) in [5.41, 5.74) is 23.1. The average Bonchev–Trinajstić information content (AvgIpc) is 3.26. The highest BCUT2D eigenvalue weighted by atomic mass is 31.2. The predicted molar refractivity (Wildman–Crippen MR) is 325 cm³/mol. The zero-order valence-corrected chi connectivity index (χ0v) is 51.7. The number of hydrogen-bond acceptors (Lipinski definition) is 3. The van der Waals surface area contributed by atoms with Crippen molar-refractivity contribution < 1.29 is 14.1 Å². The van der Waals surface area contributed by atoms with Crippen molar-refractivity contribution in [3.63, 3.8) is 0 Å². The van der Waals surface area contributed by atoms with Crippen LogP contribution in [0.2, 0.25) is 0 Å². The fraction of sp³-hybridized carbons (Fsp3) is 0.471. The van der Waals surface area contributed by atoms with Crippen LogP contribution < -0.4 is 0 Å². The molecule has 6 aromatic carbocycles. The van der Waals surface area contributed by atoms with Gasteiger partial charge in [-0.1, -0.05) is 269 Å². The van der Waals surface area contributed by atoms with E-state index in [0.29, 0.717) is 0 Å². The highest BCUT2D eigenvalue weighted by molar-refractivity contribution is 7.39. The molecule has 0 saturated heterocycles. The largest absolute Gasteiger partial charge is 0.352 e. The summed E-state index contributed by atoms with van der Waals surface area (Å²) in [5.74, 6) is 0. The average molecular weight is 1020 g/mol. The first-order chi connectivity index (χ1) is 33.2. The Hall–Kier alpha value is -3.94. The Bertz CT molecular complexity index is 2880. The number of benzene rings is 6. The van der Waals surface area contributed by atoms with Crippen LogP contribution in [0, 0.1) is 0 Å². The molecule has 0 aliphatic carbocycles. The Morgan fingerprint density at radius 1 is 0.274 bits per heavy atom. The summed E-state index contributed by atoms with van der Waals surface area (Å²) < 4.78 is 4.00. The van der Waals surface area contributed by atoms with Gasteiger partial charge in [0, 0.05) is 0 Å². The summed E-state index contributed by atoms with van der Waals surface area (Å²) in [4.78, 5) is 15.4. The minimum atomic E-state index is -0.580. The molecule has 0 spiro atoms. The number of hydrogen-bond donors (Lipinski definition) is 2. The molecular formula is C68H94O3P2. The van der Waals surface area contributed by atoms with Gasteiger partial charge in [-0.15, -0.1) is 0 Å². The zero-order valence-electron chi connectivity index (χ0n) is 49.7. The molecule has 2 atom stereocenters. The molecule has 6 aromatic rings. The van der Waals surface area contributed by atoms with Crippen LogP contribution >= 0.6 is 18.1 Å². The van der Waals surface area contributed by atoms with Crippen molar-refractivity contribution in [2.45, 2.75) is 209 Å². The van der Waals surface area contributed by atoms with Crippen molar-refractivity contribution in [1.82, 2.24) is 0 Å². The second-order valence-corrected chi connectivity index (χ2v) is 30.0. The fourth-order valence-corrected chi connectivity index (χ4v) is 10.2. The van der Waals surface area contributed by atoms with Crippen LogP contribution in [0.1, 0.15) is 211 Å². The molecule has 0 fully saturated rings. The molecule has 394 valence electrons. The quantitative estimate of drug-likeness (QED) is 0.157. The van der Waals surface area contributed by atoms with Gasteiger partial charge in [-0.2, -0.15) is 0 Å². The Labute approximate surface area is 448 Å². The third-order valence-corrected chi connectivity index (χ3v) is 15.1. The summed E-state index contributed by atoms with van der Waals surface area (Å²) in [6.45, 7) is 57.1. The van der Waals surface area contributed by atoms with Crippen LogP contribution in [0.3, 0.4) is 0 Å². The topological polar surface area (TPSA) is 49.7 Å². The Kier molecular flexibility index (Phi) is 17.7. The van der Waals surface area contributed by atoms with E-state index in [2.05, 4.69) is 280 Å². The van der Waals surface area contributed by atoms with Gasteiger partial charge >= 0.3 is 0 Å². The summed E-state index contributed by atoms with van der Waals surface area (Å²) in [6.07, 6.45) is 0. The van der Waals surface area contributed by atoms with E-state index in [4.69, 9.17) is 9.79 Å². The van der Waals surface area contributed by atoms with Gasteiger partial charge in [0.15, 0.2) is 18.1 Å². The minimum absolute atomic E-state index is 0.00361. The summed E-state index contributed by atoms with van der Waals surface area (Å²) >= 11 is 0. The highest BCUT2D eigenvalue weighted by Crippen LogP contribution is 2.56. The van der Waals surface area contributed by atoms with Gasteiger partial charge in [-0.05, 0) is 150 Å². The lowest BCUT2D eigenvalue weighted by molar-refractivity contribution is 0.496. The summed E-state index contributed by atoms with van der Waals surface area (Å²) in [7, 11) is -1.16. The van der Waals surface area contributed by atoms with E-state index in [9.17, 15) is 0 Å². The lowest BCUT2D eigenvalue weighted by Crippen LogP contribution is -2.20. The van der Waals surface area contributed by atoms with E-state index in [0.717, 1.165) is 0 Å². The lowest BCUT2D eigenvalue weighted by Gasteiger charge is -2.35. The van der Waals surface area contributed by atoms with Gasteiger partial charge < -0.3 is 9.79 Å². The second kappa shape index (κ2) is 21.6. The maximum absolute atomic E-state index is 7.72. The first-order valence-corrected chi connectivity index (χ1v) is 28.3. The Morgan fingerprint density at radius 3 is 0.822 bits per heavy atom. The van der Waals surface area contributed by atoms with E-state index in [1.807, 2.05) is 0 Å². The maximum atomic E-state index is 7.72. The predicted octanol–water partition coefficient (Wildman–Crippen LogP) is 20.4. The lowest BCUT2D eigenvalue weighted by atomic mass is 9.69. The molecule has 2 unspecified atom stereocenters. The van der Waals surface area contributed by atoms with Crippen LogP contribution in [-0.2, 0) is 47.6 Å². The summed E-state index contributed by atoms with van der Waals surface area (Å²) in [5, 5.41) is 0. The standard InChI is InChI=1S/C68H90.H4O3P2/c1-61(2,3)44-30-34-48(54(38-44)65(13,14)15)52-42-53(49-35-31-45(62(4,5)6)39-55(49)66(16,17)18)59(50-36-32-46(63(7,8)9)40-56(50)67(19,20)21)60(58(52)43-28-26-25-27-29-43)51-37-33-47(64(10,11)12)41-57(51)68(22,23)24;1-4-3-5-2/h25-42H,1-24H3;1-2,4-5H. The van der Waals surface area contributed by atoms with E-state index in [1.54, 1.807) is 0 Å². The molecule has 0 amide bonds. The monoisotopic (exact) mass is 1020 g/mol. The van der Waals surface area contributed by atoms with Crippen molar-refractivity contribution in [1.29, 1.82) is 0 Å².